The Morgan fingerprint density at radius 3 is 2.87 bits per heavy atom. The molecule has 2 N–H and O–H groups in total. The summed E-state index contributed by atoms with van der Waals surface area (Å²) in [5.41, 5.74) is 0. The van der Waals surface area contributed by atoms with E-state index in [1.807, 2.05) is 0 Å². The first-order chi connectivity index (χ1) is 7.31. The van der Waals surface area contributed by atoms with Gasteiger partial charge in [-0.15, -0.1) is 0 Å². The first-order valence-corrected chi connectivity index (χ1v) is 5.92. The van der Waals surface area contributed by atoms with Crippen molar-refractivity contribution in [2.75, 3.05) is 32.9 Å². The fourth-order valence-electron chi connectivity index (χ4n) is 2.63. The van der Waals surface area contributed by atoms with Crippen LogP contribution < -0.4 is 0 Å². The van der Waals surface area contributed by atoms with Crippen LogP contribution in [0.5, 0.6) is 0 Å². The fourth-order valence-corrected chi connectivity index (χ4v) is 2.63. The summed E-state index contributed by atoms with van der Waals surface area (Å²) in [6.07, 6.45) is 3.07. The van der Waals surface area contributed by atoms with Crippen LogP contribution in [0.1, 0.15) is 19.3 Å². The number of hydrogen-bond acceptors (Lipinski definition) is 4. The first-order valence-electron chi connectivity index (χ1n) is 5.92. The molecule has 0 radical (unpaired) electrons. The molecular weight excluding hydrogens is 194 g/mol. The number of aliphatic hydroxyl groups excluding tert-OH is 2. The Hall–Kier alpha value is -0.160. The van der Waals surface area contributed by atoms with Gasteiger partial charge in [-0.1, -0.05) is 6.42 Å². The largest absolute Gasteiger partial charge is 0.395 e. The second-order valence-corrected chi connectivity index (χ2v) is 4.66. The standard InChI is InChI=1S/C11H21NO3/c13-7-10-8-15-5-4-12(10)6-9-2-1-3-11(9)14/h9-11,13-14H,1-8H2. The summed E-state index contributed by atoms with van der Waals surface area (Å²) in [4.78, 5) is 2.27. The van der Waals surface area contributed by atoms with E-state index in [-0.39, 0.29) is 18.8 Å². The van der Waals surface area contributed by atoms with E-state index >= 15 is 0 Å². The Balaban J connectivity index is 1.85. The summed E-state index contributed by atoms with van der Waals surface area (Å²) < 4.78 is 5.33. The normalized spacial score (nSPS) is 38.4. The highest BCUT2D eigenvalue weighted by Gasteiger charge is 2.30. The maximum absolute atomic E-state index is 9.76. The molecule has 15 heavy (non-hydrogen) atoms. The van der Waals surface area contributed by atoms with E-state index in [9.17, 15) is 10.2 Å². The molecule has 0 aromatic carbocycles. The molecule has 1 heterocycles. The minimum Gasteiger partial charge on any atom is -0.395 e. The van der Waals surface area contributed by atoms with Crippen LogP contribution in [-0.4, -0.2) is 60.2 Å². The third-order valence-electron chi connectivity index (χ3n) is 3.65. The van der Waals surface area contributed by atoms with Gasteiger partial charge in [-0.05, 0) is 18.8 Å². The maximum atomic E-state index is 9.76. The molecule has 0 amide bonds. The summed E-state index contributed by atoms with van der Waals surface area (Å²) in [5.74, 6) is 0.400. The minimum atomic E-state index is -0.132. The number of rotatable bonds is 3. The van der Waals surface area contributed by atoms with Gasteiger partial charge in [0, 0.05) is 13.1 Å². The molecule has 0 spiro atoms. The van der Waals surface area contributed by atoms with Crippen LogP contribution in [0, 0.1) is 5.92 Å². The van der Waals surface area contributed by atoms with Crippen molar-refractivity contribution in [1.29, 1.82) is 0 Å². The third kappa shape index (κ3) is 2.69. The third-order valence-corrected chi connectivity index (χ3v) is 3.65. The van der Waals surface area contributed by atoms with Crippen LogP contribution in [0.15, 0.2) is 0 Å². The molecule has 3 unspecified atom stereocenters. The molecule has 4 heteroatoms. The van der Waals surface area contributed by atoms with Crippen LogP contribution in [0.2, 0.25) is 0 Å². The number of nitrogens with zero attached hydrogens (tertiary/aromatic N) is 1. The molecule has 0 aromatic heterocycles. The number of hydrogen-bond donors (Lipinski definition) is 2. The van der Waals surface area contributed by atoms with Crippen molar-refractivity contribution in [2.24, 2.45) is 5.92 Å². The molecule has 1 saturated carbocycles. The van der Waals surface area contributed by atoms with E-state index < -0.39 is 0 Å². The lowest BCUT2D eigenvalue weighted by atomic mass is 10.0. The SMILES string of the molecule is OCC1COCCN1CC1CCCC1O. The van der Waals surface area contributed by atoms with Gasteiger partial charge in [-0.3, -0.25) is 4.90 Å². The highest BCUT2D eigenvalue weighted by molar-refractivity contribution is 4.83. The molecule has 0 aromatic rings. The highest BCUT2D eigenvalue weighted by atomic mass is 16.5. The van der Waals surface area contributed by atoms with Crippen molar-refractivity contribution in [3.8, 4) is 0 Å². The zero-order chi connectivity index (χ0) is 10.7. The minimum absolute atomic E-state index is 0.131. The zero-order valence-electron chi connectivity index (χ0n) is 9.14. The van der Waals surface area contributed by atoms with Crippen molar-refractivity contribution in [1.82, 2.24) is 4.90 Å². The quantitative estimate of drug-likeness (QED) is 0.687. The number of morpholine rings is 1. The van der Waals surface area contributed by atoms with Crippen LogP contribution in [0.3, 0.4) is 0 Å². The summed E-state index contributed by atoms with van der Waals surface area (Å²) in [5, 5.41) is 19.0. The topological polar surface area (TPSA) is 52.9 Å². The second-order valence-electron chi connectivity index (χ2n) is 4.66. The van der Waals surface area contributed by atoms with Gasteiger partial charge in [-0.25, -0.2) is 0 Å². The lowest BCUT2D eigenvalue weighted by Gasteiger charge is -2.36. The highest BCUT2D eigenvalue weighted by Crippen LogP contribution is 2.27. The van der Waals surface area contributed by atoms with Crippen LogP contribution in [-0.2, 0) is 4.74 Å². The molecule has 3 atom stereocenters. The smallest absolute Gasteiger partial charge is 0.0644 e. The monoisotopic (exact) mass is 215 g/mol. The predicted molar refractivity (Wildman–Crippen MR) is 56.6 cm³/mol. The predicted octanol–water partition coefficient (Wildman–Crippen LogP) is -0.160. The zero-order valence-corrected chi connectivity index (χ0v) is 9.14. The fraction of sp³-hybridized carbons (Fsp3) is 1.00. The molecule has 2 fully saturated rings. The average Bonchev–Trinajstić information content (AvgIpc) is 2.65. The van der Waals surface area contributed by atoms with E-state index in [0.717, 1.165) is 39.0 Å². The summed E-state index contributed by atoms with van der Waals surface area (Å²) >= 11 is 0. The van der Waals surface area contributed by atoms with Crippen molar-refractivity contribution >= 4 is 0 Å². The summed E-state index contributed by atoms with van der Waals surface area (Å²) in [6.45, 7) is 3.33. The lowest BCUT2D eigenvalue weighted by Crippen LogP contribution is -2.49. The van der Waals surface area contributed by atoms with Crippen molar-refractivity contribution in [2.45, 2.75) is 31.4 Å². The summed E-state index contributed by atoms with van der Waals surface area (Å²) in [7, 11) is 0. The first kappa shape index (κ1) is 11.3. The molecule has 0 bridgehead atoms. The molecule has 1 aliphatic carbocycles. The van der Waals surface area contributed by atoms with Crippen LogP contribution >= 0.6 is 0 Å². The molecule has 4 nitrogen and oxygen atoms in total. The Labute approximate surface area is 90.8 Å². The average molecular weight is 215 g/mol. The van der Waals surface area contributed by atoms with Gasteiger partial charge in [0.2, 0.25) is 0 Å². The molecule has 1 saturated heterocycles. The van der Waals surface area contributed by atoms with Crippen LogP contribution in [0.4, 0.5) is 0 Å². The lowest BCUT2D eigenvalue weighted by molar-refractivity contribution is -0.0402. The molecular formula is C11H21NO3. The van der Waals surface area contributed by atoms with Crippen molar-refractivity contribution in [3.05, 3.63) is 0 Å². The molecule has 2 rings (SSSR count). The van der Waals surface area contributed by atoms with E-state index in [1.165, 1.54) is 0 Å². The Morgan fingerprint density at radius 2 is 2.20 bits per heavy atom. The van der Waals surface area contributed by atoms with E-state index in [2.05, 4.69) is 4.90 Å². The van der Waals surface area contributed by atoms with E-state index in [4.69, 9.17) is 4.74 Å². The number of ether oxygens (including phenoxy) is 1. The van der Waals surface area contributed by atoms with Crippen molar-refractivity contribution < 1.29 is 14.9 Å². The van der Waals surface area contributed by atoms with Crippen molar-refractivity contribution in [3.63, 3.8) is 0 Å². The van der Waals surface area contributed by atoms with Gasteiger partial charge in [0.1, 0.15) is 0 Å². The Kier molecular flexibility index (Phi) is 3.97. The molecule has 2 aliphatic rings. The molecule has 88 valence electrons. The van der Waals surface area contributed by atoms with Gasteiger partial charge in [-0.2, -0.15) is 0 Å². The van der Waals surface area contributed by atoms with Gasteiger partial charge < -0.3 is 14.9 Å². The van der Waals surface area contributed by atoms with Crippen LogP contribution in [0.25, 0.3) is 0 Å². The number of aliphatic hydroxyl groups is 2. The molecule has 1 aliphatic heterocycles. The summed E-state index contributed by atoms with van der Waals surface area (Å²) in [6, 6.07) is 0.131. The van der Waals surface area contributed by atoms with Gasteiger partial charge in [0.15, 0.2) is 0 Å². The van der Waals surface area contributed by atoms with E-state index in [0.29, 0.717) is 12.5 Å². The van der Waals surface area contributed by atoms with Gasteiger partial charge >= 0.3 is 0 Å². The van der Waals surface area contributed by atoms with Gasteiger partial charge in [0.25, 0.3) is 0 Å². The Bertz CT molecular complexity index is 200. The Morgan fingerprint density at radius 1 is 1.33 bits per heavy atom. The second kappa shape index (κ2) is 5.25. The van der Waals surface area contributed by atoms with Gasteiger partial charge in [0.05, 0.1) is 32.0 Å². The maximum Gasteiger partial charge on any atom is 0.0644 e. The van der Waals surface area contributed by atoms with E-state index in [1.54, 1.807) is 0 Å².